The van der Waals surface area contributed by atoms with Crippen LogP contribution < -0.4 is 0 Å². The molecule has 0 aromatic heterocycles. The Kier molecular flexibility index (Phi) is 7.16. The van der Waals surface area contributed by atoms with Gasteiger partial charge in [0.05, 0.1) is 12.7 Å². The molecule has 8 atom stereocenters. The number of oxime groups is 1. The number of aliphatic hydroxyl groups excluding tert-OH is 2. The monoisotopic (exact) mass is 542 g/mol. The van der Waals surface area contributed by atoms with Crippen LogP contribution in [0.4, 0.5) is 0 Å². The predicted molar refractivity (Wildman–Crippen MR) is 147 cm³/mol. The van der Waals surface area contributed by atoms with E-state index in [1.54, 1.807) is 5.01 Å². The standard InChI is InChI=1S/C29H42N4O6/c1-17-30-29(24(31-33(5)6)16-37-18(2)35)25(39-17)14-22-21-8-7-19-13-20(32-38-12-11-34)9-10-27(19,3)26(21)23(36)15-28(22,29)4/h9-10,13,21-23,25-26,34,36H,7-8,11-12,14-16H2,1-6H3/b31-24-,32-20+/t21-,22-,23-,25+,26+,27-,28-,29+/m0/s1. The second-order valence-electron chi connectivity index (χ2n) is 12.3. The summed E-state index contributed by atoms with van der Waals surface area (Å²) < 4.78 is 11.9. The number of hydrogen-bond donors (Lipinski definition) is 2. The van der Waals surface area contributed by atoms with E-state index in [-0.39, 0.29) is 55.1 Å². The minimum absolute atomic E-state index is 0.0322. The molecule has 214 valence electrons. The van der Waals surface area contributed by atoms with E-state index in [9.17, 15) is 9.90 Å². The lowest BCUT2D eigenvalue weighted by atomic mass is 9.46. The summed E-state index contributed by atoms with van der Waals surface area (Å²) in [5.74, 6) is 0.774. The highest BCUT2D eigenvalue weighted by Crippen LogP contribution is 2.69. The number of aliphatic imine (C=N–C) groups is 1. The lowest BCUT2D eigenvalue weighted by Gasteiger charge is -2.59. The van der Waals surface area contributed by atoms with Crippen molar-refractivity contribution in [2.24, 2.45) is 43.8 Å². The molecule has 0 aromatic rings. The molecule has 10 nitrogen and oxygen atoms in total. The van der Waals surface area contributed by atoms with Gasteiger partial charge in [0.15, 0.2) is 5.90 Å². The molecule has 0 amide bonds. The molecule has 0 spiro atoms. The van der Waals surface area contributed by atoms with Crippen LogP contribution in [0, 0.1) is 28.6 Å². The van der Waals surface area contributed by atoms with Gasteiger partial charge in [-0.15, -0.1) is 0 Å². The van der Waals surface area contributed by atoms with Gasteiger partial charge in [-0.3, -0.25) is 4.79 Å². The van der Waals surface area contributed by atoms with Crippen LogP contribution in [0.5, 0.6) is 0 Å². The molecule has 0 unspecified atom stereocenters. The number of hydrazone groups is 1. The number of ether oxygens (including phenoxy) is 2. The highest BCUT2D eigenvalue weighted by molar-refractivity contribution is 6.05. The second kappa shape index (κ2) is 10.0. The van der Waals surface area contributed by atoms with Gasteiger partial charge >= 0.3 is 5.97 Å². The number of carbonyl (C=O) groups is 1. The first-order valence-electron chi connectivity index (χ1n) is 14.0. The molecule has 3 fully saturated rings. The van der Waals surface area contributed by atoms with Crippen molar-refractivity contribution in [1.29, 1.82) is 0 Å². The van der Waals surface area contributed by atoms with Gasteiger partial charge in [0.25, 0.3) is 0 Å². The molecule has 0 saturated heterocycles. The predicted octanol–water partition coefficient (Wildman–Crippen LogP) is 2.71. The van der Waals surface area contributed by atoms with E-state index < -0.39 is 17.1 Å². The van der Waals surface area contributed by atoms with Crippen molar-refractivity contribution in [3.8, 4) is 0 Å². The molecule has 39 heavy (non-hydrogen) atoms. The quantitative estimate of drug-likeness (QED) is 0.219. The Bertz CT molecular complexity index is 1160. The molecule has 0 bridgehead atoms. The molecule has 5 aliphatic rings. The number of fused-ring (bicyclic) bond motifs is 7. The number of hydrogen-bond acceptors (Lipinski definition) is 10. The molecular formula is C29H42N4O6. The zero-order valence-electron chi connectivity index (χ0n) is 23.9. The third-order valence-electron chi connectivity index (χ3n) is 9.87. The maximum absolute atomic E-state index is 12.0. The molecule has 5 rings (SSSR count). The van der Waals surface area contributed by atoms with Crippen LogP contribution in [0.2, 0.25) is 0 Å². The number of rotatable bonds is 7. The lowest BCUT2D eigenvalue weighted by Crippen LogP contribution is -2.62. The number of allylic oxidation sites excluding steroid dienone is 4. The van der Waals surface area contributed by atoms with Crippen molar-refractivity contribution in [2.75, 3.05) is 33.9 Å². The number of nitrogens with zero attached hydrogens (tertiary/aromatic N) is 4. The zero-order chi connectivity index (χ0) is 28.2. The molecule has 0 radical (unpaired) electrons. The third kappa shape index (κ3) is 4.30. The van der Waals surface area contributed by atoms with E-state index in [0.717, 1.165) is 25.0 Å². The van der Waals surface area contributed by atoms with Crippen LogP contribution in [-0.4, -0.2) is 90.2 Å². The first-order valence-corrected chi connectivity index (χ1v) is 14.0. The van der Waals surface area contributed by atoms with Crippen molar-refractivity contribution in [3.05, 3.63) is 23.8 Å². The summed E-state index contributed by atoms with van der Waals surface area (Å²) in [5, 5.41) is 31.7. The van der Waals surface area contributed by atoms with Crippen LogP contribution in [0.3, 0.4) is 0 Å². The van der Waals surface area contributed by atoms with Crippen molar-refractivity contribution >= 4 is 23.3 Å². The summed E-state index contributed by atoms with van der Waals surface area (Å²) in [6, 6.07) is 0. The van der Waals surface area contributed by atoms with E-state index in [4.69, 9.17) is 29.5 Å². The first kappa shape index (κ1) is 27.8. The summed E-state index contributed by atoms with van der Waals surface area (Å²) in [6.07, 6.45) is 8.60. The fourth-order valence-corrected chi connectivity index (χ4v) is 8.56. The Morgan fingerprint density at radius 1 is 1.33 bits per heavy atom. The van der Waals surface area contributed by atoms with Crippen molar-refractivity contribution < 1.29 is 29.3 Å². The molecule has 3 saturated carbocycles. The maximum atomic E-state index is 12.0. The van der Waals surface area contributed by atoms with Gasteiger partial charge in [-0.05, 0) is 49.7 Å². The van der Waals surface area contributed by atoms with E-state index in [2.05, 4.69) is 31.2 Å². The summed E-state index contributed by atoms with van der Waals surface area (Å²) in [5.41, 5.74) is 1.09. The lowest BCUT2D eigenvalue weighted by molar-refractivity contribution is -0.139. The third-order valence-corrected chi connectivity index (χ3v) is 9.87. The average molecular weight is 543 g/mol. The zero-order valence-corrected chi connectivity index (χ0v) is 23.9. The Balaban J connectivity index is 1.53. The fourth-order valence-electron chi connectivity index (χ4n) is 8.56. The van der Waals surface area contributed by atoms with Gasteiger partial charge in [0.1, 0.15) is 36.3 Å². The largest absolute Gasteiger partial charge is 0.475 e. The van der Waals surface area contributed by atoms with Crippen LogP contribution in [-0.2, 0) is 19.1 Å². The van der Waals surface area contributed by atoms with Crippen molar-refractivity contribution in [3.63, 3.8) is 0 Å². The number of esters is 1. The van der Waals surface area contributed by atoms with Crippen LogP contribution >= 0.6 is 0 Å². The maximum Gasteiger partial charge on any atom is 0.303 e. The smallest absolute Gasteiger partial charge is 0.303 e. The van der Waals surface area contributed by atoms with Gasteiger partial charge in [0.2, 0.25) is 0 Å². The fraction of sp³-hybridized carbons (Fsp3) is 0.724. The van der Waals surface area contributed by atoms with Gasteiger partial charge in [-0.2, -0.15) is 5.10 Å². The Hall–Kier alpha value is -2.72. The molecule has 2 N–H and O–H groups in total. The van der Waals surface area contributed by atoms with E-state index in [1.807, 2.05) is 27.1 Å². The topological polar surface area (TPSA) is 126 Å². The Labute approximate surface area is 230 Å². The van der Waals surface area contributed by atoms with Gasteiger partial charge in [-0.25, -0.2) is 4.99 Å². The van der Waals surface area contributed by atoms with Crippen molar-refractivity contribution in [2.45, 2.75) is 71.1 Å². The molecule has 4 aliphatic carbocycles. The SMILES string of the molecule is CC(=O)OC/C(=N/N(C)C)[C@@]12N=C(C)O[C@@H]1C[C@H]1[C@@H]3CCC4=C/C(=N/OCCO)C=C[C@]4(C)[C@H]3[C@@H](O)C[C@@]12C. The summed E-state index contributed by atoms with van der Waals surface area (Å²) >= 11 is 0. The average Bonchev–Trinajstić information content (AvgIpc) is 3.31. The van der Waals surface area contributed by atoms with E-state index >= 15 is 0 Å². The minimum atomic E-state index is -0.823. The van der Waals surface area contributed by atoms with Crippen LogP contribution in [0.15, 0.2) is 39.1 Å². The normalized spacial score (nSPS) is 41.5. The highest BCUT2D eigenvalue weighted by Gasteiger charge is 2.74. The highest BCUT2D eigenvalue weighted by atomic mass is 16.6. The molecule has 1 aliphatic heterocycles. The van der Waals surface area contributed by atoms with Gasteiger partial charge in [0, 0.05) is 44.7 Å². The van der Waals surface area contributed by atoms with Gasteiger partial charge < -0.3 is 29.5 Å². The number of carbonyl (C=O) groups excluding carboxylic acids is 1. The van der Waals surface area contributed by atoms with Crippen LogP contribution in [0.1, 0.15) is 53.4 Å². The Morgan fingerprint density at radius 2 is 2.10 bits per heavy atom. The molecule has 10 heteroatoms. The van der Waals surface area contributed by atoms with Gasteiger partial charge in [-0.1, -0.05) is 30.7 Å². The van der Waals surface area contributed by atoms with E-state index in [0.29, 0.717) is 18.0 Å². The summed E-state index contributed by atoms with van der Waals surface area (Å²) in [7, 11) is 3.70. The molecular weight excluding hydrogens is 500 g/mol. The minimum Gasteiger partial charge on any atom is -0.475 e. The second-order valence-corrected chi connectivity index (χ2v) is 12.3. The van der Waals surface area contributed by atoms with E-state index in [1.165, 1.54) is 12.5 Å². The molecule has 1 heterocycles. The molecule has 0 aromatic carbocycles. The number of aliphatic hydroxyl groups is 2. The summed E-state index contributed by atoms with van der Waals surface area (Å²) in [4.78, 5) is 22.2. The first-order chi connectivity index (χ1) is 18.5. The Morgan fingerprint density at radius 3 is 2.79 bits per heavy atom. The van der Waals surface area contributed by atoms with Crippen LogP contribution in [0.25, 0.3) is 0 Å². The summed E-state index contributed by atoms with van der Waals surface area (Å²) in [6.45, 7) is 7.84. The van der Waals surface area contributed by atoms with Crippen molar-refractivity contribution in [1.82, 2.24) is 5.01 Å².